The van der Waals surface area contributed by atoms with Gasteiger partial charge in [-0.1, -0.05) is 12.1 Å². The quantitative estimate of drug-likeness (QED) is 0.831. The monoisotopic (exact) mass is 348 g/mol. The first-order valence-electron chi connectivity index (χ1n) is 8.15. The largest absolute Gasteiger partial charge is 0.337 e. The van der Waals surface area contributed by atoms with E-state index in [1.165, 1.54) is 4.31 Å². The van der Waals surface area contributed by atoms with Gasteiger partial charge in [0.05, 0.1) is 18.0 Å². The number of nitrogens with zero attached hydrogens (tertiary/aromatic N) is 4. The van der Waals surface area contributed by atoms with Crippen LogP contribution in [0.4, 0.5) is 5.69 Å². The van der Waals surface area contributed by atoms with Gasteiger partial charge in [0.1, 0.15) is 5.82 Å². The van der Waals surface area contributed by atoms with Gasteiger partial charge in [-0.15, -0.1) is 0 Å². The Morgan fingerprint density at radius 1 is 1.38 bits per heavy atom. The first-order valence-corrected chi connectivity index (χ1v) is 9.76. The summed E-state index contributed by atoms with van der Waals surface area (Å²) in [6.45, 7) is 3.43. The molecule has 0 spiro atoms. The number of hydrogen-bond acceptors (Lipinski definition) is 4. The van der Waals surface area contributed by atoms with Crippen LogP contribution in [0.2, 0.25) is 0 Å². The number of hydrogen-bond donors (Lipinski definition) is 0. The van der Waals surface area contributed by atoms with E-state index in [9.17, 15) is 8.42 Å². The Morgan fingerprint density at radius 3 is 2.79 bits per heavy atom. The number of imidazole rings is 1. The van der Waals surface area contributed by atoms with Gasteiger partial charge in [-0.2, -0.15) is 0 Å². The number of rotatable bonds is 5. The summed E-state index contributed by atoms with van der Waals surface area (Å²) in [4.78, 5) is 6.57. The zero-order valence-electron chi connectivity index (χ0n) is 14.4. The highest BCUT2D eigenvalue weighted by Gasteiger charge is 2.28. The maximum atomic E-state index is 12.1. The summed E-state index contributed by atoms with van der Waals surface area (Å²) in [6.07, 6.45) is 4.43. The van der Waals surface area contributed by atoms with Crippen molar-refractivity contribution >= 4 is 15.7 Å². The Hall–Kier alpha value is -1.86. The highest BCUT2D eigenvalue weighted by Crippen LogP contribution is 2.28. The molecule has 1 aliphatic rings. The van der Waals surface area contributed by atoms with Crippen LogP contribution in [0.1, 0.15) is 30.8 Å². The molecule has 0 bridgehead atoms. The molecule has 24 heavy (non-hydrogen) atoms. The van der Waals surface area contributed by atoms with Crippen molar-refractivity contribution in [3.05, 3.63) is 48.0 Å². The van der Waals surface area contributed by atoms with Crippen LogP contribution in [-0.2, 0) is 23.6 Å². The van der Waals surface area contributed by atoms with E-state index < -0.39 is 10.0 Å². The lowest BCUT2D eigenvalue weighted by Crippen LogP contribution is -2.26. The Morgan fingerprint density at radius 2 is 2.17 bits per heavy atom. The Balaban J connectivity index is 1.79. The van der Waals surface area contributed by atoms with E-state index in [0.29, 0.717) is 13.0 Å². The summed E-state index contributed by atoms with van der Waals surface area (Å²) < 4.78 is 27.8. The minimum Gasteiger partial charge on any atom is -0.337 e. The molecule has 7 heteroatoms. The van der Waals surface area contributed by atoms with Crippen molar-refractivity contribution in [2.24, 2.45) is 7.05 Å². The third-order valence-electron chi connectivity index (χ3n) is 4.71. The predicted molar refractivity (Wildman–Crippen MR) is 95.3 cm³/mol. The highest BCUT2D eigenvalue weighted by molar-refractivity contribution is 7.93. The third-order valence-corrected chi connectivity index (χ3v) is 6.58. The molecule has 2 aromatic rings. The number of sulfonamides is 1. The fourth-order valence-electron chi connectivity index (χ4n) is 3.03. The van der Waals surface area contributed by atoms with Crippen molar-refractivity contribution < 1.29 is 8.42 Å². The second kappa shape index (κ2) is 6.57. The number of benzene rings is 1. The third kappa shape index (κ3) is 3.32. The maximum Gasteiger partial charge on any atom is 0.235 e. The topological polar surface area (TPSA) is 58.4 Å². The van der Waals surface area contributed by atoms with E-state index in [1.54, 1.807) is 6.20 Å². The molecular formula is C17H24N4O2S. The van der Waals surface area contributed by atoms with Crippen LogP contribution in [0.3, 0.4) is 0 Å². The highest BCUT2D eigenvalue weighted by atomic mass is 32.2. The van der Waals surface area contributed by atoms with Gasteiger partial charge in [0, 0.05) is 32.0 Å². The zero-order valence-corrected chi connectivity index (χ0v) is 15.2. The van der Waals surface area contributed by atoms with Crippen LogP contribution >= 0.6 is 0 Å². The van der Waals surface area contributed by atoms with Gasteiger partial charge in [-0.3, -0.25) is 9.21 Å². The standard InChI is InChI=1S/C17H24N4O2S/c1-14(20(3)13-17-18-8-10-19(17)2)15-6-4-7-16(12-15)21-9-5-11-24(21,22)23/h4,6-8,10,12,14H,5,9,11,13H2,1-3H3/t14-/m0/s1. The molecule has 1 aromatic carbocycles. The van der Waals surface area contributed by atoms with Crippen LogP contribution < -0.4 is 4.31 Å². The summed E-state index contributed by atoms with van der Waals surface area (Å²) in [7, 11) is 0.897. The van der Waals surface area contributed by atoms with E-state index in [2.05, 4.69) is 23.9 Å². The van der Waals surface area contributed by atoms with Crippen molar-refractivity contribution in [3.8, 4) is 0 Å². The molecule has 0 amide bonds. The van der Waals surface area contributed by atoms with Gasteiger partial charge in [-0.25, -0.2) is 13.4 Å². The second-order valence-corrected chi connectivity index (χ2v) is 8.39. The van der Waals surface area contributed by atoms with Gasteiger partial charge in [0.15, 0.2) is 0 Å². The minimum absolute atomic E-state index is 0.159. The number of aromatic nitrogens is 2. The Bertz CT molecular complexity index is 816. The molecule has 130 valence electrons. The van der Waals surface area contributed by atoms with Crippen molar-refractivity contribution in [1.82, 2.24) is 14.5 Å². The lowest BCUT2D eigenvalue weighted by atomic mass is 10.1. The van der Waals surface area contributed by atoms with Crippen molar-refractivity contribution in [2.75, 3.05) is 23.7 Å². The van der Waals surface area contributed by atoms with Crippen molar-refractivity contribution in [1.29, 1.82) is 0 Å². The average molecular weight is 348 g/mol. The number of aryl methyl sites for hydroxylation is 1. The van der Waals surface area contributed by atoms with E-state index in [-0.39, 0.29) is 11.8 Å². The molecule has 1 aromatic heterocycles. The van der Waals surface area contributed by atoms with Crippen molar-refractivity contribution in [3.63, 3.8) is 0 Å². The summed E-state index contributed by atoms with van der Waals surface area (Å²) in [5.41, 5.74) is 1.87. The van der Waals surface area contributed by atoms with Gasteiger partial charge in [0.25, 0.3) is 0 Å². The van der Waals surface area contributed by atoms with E-state index in [0.717, 1.165) is 23.6 Å². The first-order chi connectivity index (χ1) is 11.4. The van der Waals surface area contributed by atoms with Gasteiger partial charge >= 0.3 is 0 Å². The van der Waals surface area contributed by atoms with Crippen LogP contribution in [0, 0.1) is 0 Å². The van der Waals surface area contributed by atoms with Gasteiger partial charge < -0.3 is 4.57 Å². The van der Waals surface area contributed by atoms with Crippen LogP contribution in [-0.4, -0.2) is 42.2 Å². The lowest BCUT2D eigenvalue weighted by molar-refractivity contribution is 0.244. The van der Waals surface area contributed by atoms with Gasteiger partial charge in [0.2, 0.25) is 10.0 Å². The molecular weight excluding hydrogens is 324 g/mol. The molecule has 0 saturated carbocycles. The summed E-state index contributed by atoms with van der Waals surface area (Å²) in [5.74, 6) is 1.24. The van der Waals surface area contributed by atoms with Gasteiger partial charge in [-0.05, 0) is 38.1 Å². The normalized spacial score (nSPS) is 18.2. The molecule has 0 unspecified atom stereocenters. The Kier molecular flexibility index (Phi) is 4.64. The average Bonchev–Trinajstić information content (AvgIpc) is 3.11. The summed E-state index contributed by atoms with van der Waals surface area (Å²) in [5, 5.41) is 0. The zero-order chi connectivity index (χ0) is 17.3. The lowest BCUT2D eigenvalue weighted by Gasteiger charge is -2.26. The van der Waals surface area contributed by atoms with Crippen LogP contribution in [0.5, 0.6) is 0 Å². The molecule has 1 saturated heterocycles. The molecule has 2 heterocycles. The fraction of sp³-hybridized carbons (Fsp3) is 0.471. The first kappa shape index (κ1) is 17.0. The van der Waals surface area contributed by atoms with E-state index in [1.807, 2.05) is 42.1 Å². The molecule has 1 aliphatic heterocycles. The maximum absolute atomic E-state index is 12.1. The summed E-state index contributed by atoms with van der Waals surface area (Å²) >= 11 is 0. The van der Waals surface area contributed by atoms with Crippen LogP contribution in [0.15, 0.2) is 36.7 Å². The molecule has 1 fully saturated rings. The molecule has 0 aliphatic carbocycles. The molecule has 0 radical (unpaired) electrons. The molecule has 3 rings (SSSR count). The molecule has 6 nitrogen and oxygen atoms in total. The predicted octanol–water partition coefficient (Wildman–Crippen LogP) is 2.15. The molecule has 0 N–H and O–H groups in total. The second-order valence-electron chi connectivity index (χ2n) is 6.38. The Labute approximate surface area is 143 Å². The van der Waals surface area contributed by atoms with Crippen LogP contribution in [0.25, 0.3) is 0 Å². The fourth-order valence-corrected chi connectivity index (χ4v) is 4.59. The summed E-state index contributed by atoms with van der Waals surface area (Å²) in [6, 6.07) is 8.00. The van der Waals surface area contributed by atoms with Crippen molar-refractivity contribution in [2.45, 2.75) is 25.9 Å². The SMILES string of the molecule is C[C@@H](c1cccc(N2CCCS2(=O)=O)c1)N(C)Cc1nccn1C. The minimum atomic E-state index is -3.14. The van der Waals surface area contributed by atoms with E-state index in [4.69, 9.17) is 0 Å². The van der Waals surface area contributed by atoms with E-state index >= 15 is 0 Å². The number of anilines is 1. The molecule has 1 atom stereocenters. The smallest absolute Gasteiger partial charge is 0.235 e.